The van der Waals surface area contributed by atoms with E-state index in [2.05, 4.69) is 17.3 Å². The molecule has 2 fully saturated rings. The second-order valence-electron chi connectivity index (χ2n) is 5.24. The minimum Gasteiger partial charge on any atom is -0.469 e. The van der Waals surface area contributed by atoms with Crippen molar-refractivity contribution in [2.75, 3.05) is 27.2 Å². The minimum atomic E-state index is -0.0783. The molecular weight excluding hydrogens is 204 g/mol. The van der Waals surface area contributed by atoms with Crippen molar-refractivity contribution in [1.29, 1.82) is 0 Å². The maximum absolute atomic E-state index is 11.3. The average molecular weight is 226 g/mol. The van der Waals surface area contributed by atoms with E-state index in [1.165, 1.54) is 20.0 Å². The molecule has 0 spiro atoms. The monoisotopic (exact) mass is 226 g/mol. The Balaban J connectivity index is 1.80. The second-order valence-corrected chi connectivity index (χ2v) is 5.24. The maximum Gasteiger partial charge on any atom is 0.305 e. The van der Waals surface area contributed by atoms with E-state index in [1.807, 2.05) is 0 Å². The van der Waals surface area contributed by atoms with Crippen molar-refractivity contribution in [3.63, 3.8) is 0 Å². The first-order valence-electron chi connectivity index (χ1n) is 6.18. The first kappa shape index (κ1) is 11.9. The molecule has 0 amide bonds. The van der Waals surface area contributed by atoms with Gasteiger partial charge in [0.05, 0.1) is 7.11 Å². The Kier molecular flexibility index (Phi) is 3.82. The first-order chi connectivity index (χ1) is 7.67. The molecule has 0 aromatic heterocycles. The summed E-state index contributed by atoms with van der Waals surface area (Å²) >= 11 is 0. The van der Waals surface area contributed by atoms with Crippen molar-refractivity contribution < 1.29 is 9.53 Å². The molecule has 0 aromatic carbocycles. The summed E-state index contributed by atoms with van der Waals surface area (Å²) in [6.45, 7) is 2.12. The molecule has 1 heterocycles. The van der Waals surface area contributed by atoms with Gasteiger partial charge in [-0.2, -0.15) is 0 Å². The molecule has 2 rings (SSSR count). The lowest BCUT2D eigenvalue weighted by molar-refractivity contribution is -0.142. The SMILES string of the molecule is COC(=O)CC1CC(NC2CC2)CN(C)C1. The number of methoxy groups -OCH3 is 1. The second kappa shape index (κ2) is 5.15. The summed E-state index contributed by atoms with van der Waals surface area (Å²) in [6, 6.07) is 1.30. The molecular formula is C12H22N2O2. The molecule has 16 heavy (non-hydrogen) atoms. The lowest BCUT2D eigenvalue weighted by Crippen LogP contribution is -2.48. The highest BCUT2D eigenvalue weighted by Gasteiger charge is 2.31. The molecule has 1 aliphatic heterocycles. The molecule has 0 aromatic rings. The highest BCUT2D eigenvalue weighted by Crippen LogP contribution is 2.24. The Hall–Kier alpha value is -0.610. The van der Waals surface area contributed by atoms with Crippen molar-refractivity contribution in [3.8, 4) is 0 Å². The van der Waals surface area contributed by atoms with E-state index in [4.69, 9.17) is 4.74 Å². The third-order valence-electron chi connectivity index (χ3n) is 3.45. The van der Waals surface area contributed by atoms with E-state index in [1.54, 1.807) is 0 Å². The fourth-order valence-electron chi connectivity index (χ4n) is 2.61. The van der Waals surface area contributed by atoms with Crippen molar-refractivity contribution in [2.45, 2.75) is 37.8 Å². The molecule has 1 N–H and O–H groups in total. The van der Waals surface area contributed by atoms with Crippen LogP contribution < -0.4 is 5.32 Å². The van der Waals surface area contributed by atoms with E-state index in [0.717, 1.165) is 25.6 Å². The third kappa shape index (κ3) is 3.46. The molecule has 2 aliphatic rings. The molecule has 0 bridgehead atoms. The number of piperidine rings is 1. The van der Waals surface area contributed by atoms with Crippen molar-refractivity contribution in [3.05, 3.63) is 0 Å². The van der Waals surface area contributed by atoms with E-state index in [0.29, 0.717) is 18.4 Å². The summed E-state index contributed by atoms with van der Waals surface area (Å²) in [7, 11) is 3.60. The summed E-state index contributed by atoms with van der Waals surface area (Å²) < 4.78 is 4.74. The van der Waals surface area contributed by atoms with Crippen molar-refractivity contribution in [2.24, 2.45) is 5.92 Å². The van der Waals surface area contributed by atoms with Crippen LogP contribution in [0.2, 0.25) is 0 Å². The Bertz CT molecular complexity index is 251. The van der Waals surface area contributed by atoms with Crippen LogP contribution in [0.25, 0.3) is 0 Å². The standard InChI is InChI=1S/C12H22N2O2/c1-14-7-9(6-12(15)16-2)5-11(8-14)13-10-3-4-10/h9-11,13H,3-8H2,1-2H3. The van der Waals surface area contributed by atoms with Gasteiger partial charge in [-0.1, -0.05) is 0 Å². The first-order valence-corrected chi connectivity index (χ1v) is 6.18. The van der Waals surface area contributed by atoms with Crippen LogP contribution in [0.1, 0.15) is 25.7 Å². The number of hydrogen-bond acceptors (Lipinski definition) is 4. The van der Waals surface area contributed by atoms with Crippen LogP contribution in [-0.4, -0.2) is 50.2 Å². The Morgan fingerprint density at radius 3 is 2.75 bits per heavy atom. The zero-order valence-corrected chi connectivity index (χ0v) is 10.2. The van der Waals surface area contributed by atoms with Crippen LogP contribution in [-0.2, 0) is 9.53 Å². The predicted molar refractivity (Wildman–Crippen MR) is 62.2 cm³/mol. The molecule has 92 valence electrons. The highest BCUT2D eigenvalue weighted by atomic mass is 16.5. The number of likely N-dealkylation sites (N-methyl/N-ethyl adjacent to an activating group) is 1. The lowest BCUT2D eigenvalue weighted by atomic mass is 9.92. The van der Waals surface area contributed by atoms with Gasteiger partial charge in [-0.3, -0.25) is 4.79 Å². The molecule has 1 aliphatic carbocycles. The number of nitrogens with one attached hydrogen (secondary N) is 1. The minimum absolute atomic E-state index is 0.0783. The number of hydrogen-bond donors (Lipinski definition) is 1. The van der Waals surface area contributed by atoms with Gasteiger partial charge in [0.1, 0.15) is 0 Å². The number of carbonyl (C=O) groups excluding carboxylic acids is 1. The van der Waals surface area contributed by atoms with Crippen LogP contribution >= 0.6 is 0 Å². The molecule has 2 unspecified atom stereocenters. The summed E-state index contributed by atoms with van der Waals surface area (Å²) in [6.07, 6.45) is 4.31. The van der Waals surface area contributed by atoms with Gasteiger partial charge in [0.25, 0.3) is 0 Å². The van der Waals surface area contributed by atoms with Crippen molar-refractivity contribution in [1.82, 2.24) is 10.2 Å². The Labute approximate surface area is 97.3 Å². The molecule has 1 saturated carbocycles. The smallest absolute Gasteiger partial charge is 0.305 e. The molecule has 2 atom stereocenters. The van der Waals surface area contributed by atoms with Crippen LogP contribution in [0.5, 0.6) is 0 Å². The number of carbonyl (C=O) groups is 1. The highest BCUT2D eigenvalue weighted by molar-refractivity contribution is 5.69. The predicted octanol–water partition coefficient (Wildman–Crippen LogP) is 0.622. The summed E-state index contributed by atoms with van der Waals surface area (Å²) in [5.74, 6) is 0.368. The number of ether oxygens (including phenoxy) is 1. The molecule has 4 nitrogen and oxygen atoms in total. The van der Waals surface area contributed by atoms with Crippen LogP contribution in [0.4, 0.5) is 0 Å². The fraction of sp³-hybridized carbons (Fsp3) is 0.917. The van der Waals surface area contributed by atoms with Gasteiger partial charge in [0.2, 0.25) is 0 Å². The van der Waals surface area contributed by atoms with Crippen molar-refractivity contribution >= 4 is 5.97 Å². The molecule has 4 heteroatoms. The Morgan fingerprint density at radius 1 is 1.38 bits per heavy atom. The third-order valence-corrected chi connectivity index (χ3v) is 3.45. The fourth-order valence-corrected chi connectivity index (χ4v) is 2.61. The van der Waals surface area contributed by atoms with Crippen LogP contribution in [0, 0.1) is 5.92 Å². The molecule has 1 saturated heterocycles. The van der Waals surface area contributed by atoms with Crippen LogP contribution in [0.15, 0.2) is 0 Å². The van der Waals surface area contributed by atoms with Gasteiger partial charge in [0, 0.05) is 31.6 Å². The zero-order chi connectivity index (χ0) is 11.5. The van der Waals surface area contributed by atoms with Gasteiger partial charge in [0.15, 0.2) is 0 Å². The number of nitrogens with zero attached hydrogens (tertiary/aromatic N) is 1. The van der Waals surface area contributed by atoms with Gasteiger partial charge in [-0.05, 0) is 32.2 Å². The summed E-state index contributed by atoms with van der Waals surface area (Å²) in [5.41, 5.74) is 0. The number of esters is 1. The van der Waals surface area contributed by atoms with Gasteiger partial charge < -0.3 is 15.0 Å². The lowest BCUT2D eigenvalue weighted by Gasteiger charge is -2.35. The normalized spacial score (nSPS) is 31.4. The molecule has 0 radical (unpaired) electrons. The number of likely N-dealkylation sites (tertiary alicyclic amines) is 1. The topological polar surface area (TPSA) is 41.6 Å². The van der Waals surface area contributed by atoms with E-state index >= 15 is 0 Å². The summed E-state index contributed by atoms with van der Waals surface area (Å²) in [5, 5.41) is 3.65. The van der Waals surface area contributed by atoms with E-state index in [-0.39, 0.29) is 5.97 Å². The van der Waals surface area contributed by atoms with Gasteiger partial charge in [-0.25, -0.2) is 0 Å². The van der Waals surface area contributed by atoms with Gasteiger partial charge >= 0.3 is 5.97 Å². The van der Waals surface area contributed by atoms with E-state index < -0.39 is 0 Å². The number of rotatable bonds is 4. The van der Waals surface area contributed by atoms with Crippen LogP contribution in [0.3, 0.4) is 0 Å². The quantitative estimate of drug-likeness (QED) is 0.714. The Morgan fingerprint density at radius 2 is 2.12 bits per heavy atom. The zero-order valence-electron chi connectivity index (χ0n) is 10.2. The average Bonchev–Trinajstić information content (AvgIpc) is 3.00. The maximum atomic E-state index is 11.3. The summed E-state index contributed by atoms with van der Waals surface area (Å²) in [4.78, 5) is 13.6. The van der Waals surface area contributed by atoms with E-state index in [9.17, 15) is 4.79 Å². The van der Waals surface area contributed by atoms with Gasteiger partial charge in [-0.15, -0.1) is 0 Å². The largest absolute Gasteiger partial charge is 0.469 e.